The maximum absolute atomic E-state index is 14.7. The largest absolute Gasteiger partial charge is 0.490 e. The molecule has 1 N–H and O–H groups in total. The van der Waals surface area contributed by atoms with Crippen LogP contribution in [0, 0.1) is 5.82 Å². The normalized spacial score (nSPS) is 20.1. The number of carbonyl (C=O) groups excluding carboxylic acids is 3. The second kappa shape index (κ2) is 9.13. The van der Waals surface area contributed by atoms with Gasteiger partial charge in [-0.2, -0.15) is 5.10 Å². The number of cyclic esters (lactones) is 1. The first-order valence-electron chi connectivity index (χ1n) is 9.59. The molecule has 1 unspecified atom stereocenters. The lowest BCUT2D eigenvalue weighted by atomic mass is 10.2. The zero-order valence-electron chi connectivity index (χ0n) is 17.7. The van der Waals surface area contributed by atoms with E-state index in [4.69, 9.17) is 4.74 Å². The van der Waals surface area contributed by atoms with Gasteiger partial charge in [0.1, 0.15) is 18.3 Å². The number of rotatable bonds is 6. The average Bonchev–Trinajstić information content (AvgIpc) is 3.06. The summed E-state index contributed by atoms with van der Waals surface area (Å²) in [5.41, 5.74) is 0.506. The lowest BCUT2D eigenvalue weighted by Crippen LogP contribution is -2.37. The molecule has 1 saturated heterocycles. The van der Waals surface area contributed by atoms with E-state index in [0.29, 0.717) is 23.4 Å². The summed E-state index contributed by atoms with van der Waals surface area (Å²) in [7, 11) is -2.97. The maximum Gasteiger partial charge on any atom is 0.490 e. The lowest BCUT2D eigenvalue weighted by Gasteiger charge is -2.28. The third-order valence-corrected chi connectivity index (χ3v) is 6.32. The van der Waals surface area contributed by atoms with E-state index in [1.54, 1.807) is 17.0 Å². The SMILES string of the molecule is CC(=O)OP(=O)(O)N(C[C@H]1CN(c2ccc(N3C=NN(C)CC3)c(F)c2)C(=O)O1)C(C)=O. The molecule has 0 spiro atoms. The topological polar surface area (TPSA) is 132 Å². The van der Waals surface area contributed by atoms with Gasteiger partial charge in [0.05, 0.1) is 31.0 Å². The van der Waals surface area contributed by atoms with E-state index >= 15 is 0 Å². The number of hydrogen-bond acceptors (Lipinski definition) is 9. The standard InChI is InChI=1S/C18H23FN5O7P/c1-12(25)24(32(28,29)31-13(2)26)10-15-9-23(18(27)30-15)14-4-5-17(16(19)8-14)22-7-6-21(3)20-11-22/h4-5,8,11,15H,6-7,9-10H2,1-3H3,(H,28,29)/t15-/m1/s1. The summed E-state index contributed by atoms with van der Waals surface area (Å²) in [6, 6.07) is 4.21. The third-order valence-electron chi connectivity index (χ3n) is 4.77. The number of ether oxygens (including phenoxy) is 1. The Morgan fingerprint density at radius 3 is 2.66 bits per heavy atom. The molecule has 174 valence electrons. The summed E-state index contributed by atoms with van der Waals surface area (Å²) in [5.74, 6) is -2.47. The first kappa shape index (κ1) is 23.5. The number of nitrogens with zero attached hydrogens (tertiary/aromatic N) is 5. The summed E-state index contributed by atoms with van der Waals surface area (Å²) in [6.45, 7) is 2.48. The van der Waals surface area contributed by atoms with Gasteiger partial charge < -0.3 is 14.2 Å². The lowest BCUT2D eigenvalue weighted by molar-refractivity contribution is -0.134. The van der Waals surface area contributed by atoms with Crippen molar-refractivity contribution in [2.75, 3.05) is 43.0 Å². The molecule has 14 heteroatoms. The summed E-state index contributed by atoms with van der Waals surface area (Å²) >= 11 is 0. The molecule has 2 aliphatic heterocycles. The third kappa shape index (κ3) is 5.17. The molecule has 1 aromatic carbocycles. The molecular weight excluding hydrogens is 448 g/mol. The number of carbonyl (C=O) groups is 3. The Labute approximate surface area is 183 Å². The molecule has 0 saturated carbocycles. The Balaban J connectivity index is 1.73. The van der Waals surface area contributed by atoms with Crippen molar-refractivity contribution in [1.29, 1.82) is 0 Å². The molecule has 1 fully saturated rings. The van der Waals surface area contributed by atoms with E-state index in [1.807, 2.05) is 0 Å². The molecule has 2 amide bonds. The molecule has 0 bridgehead atoms. The van der Waals surface area contributed by atoms with Crippen molar-refractivity contribution in [3.8, 4) is 0 Å². The van der Waals surface area contributed by atoms with E-state index < -0.39 is 44.2 Å². The van der Waals surface area contributed by atoms with Gasteiger partial charge in [0.2, 0.25) is 5.91 Å². The average molecular weight is 471 g/mol. The maximum atomic E-state index is 14.7. The van der Waals surface area contributed by atoms with Crippen molar-refractivity contribution in [2.45, 2.75) is 20.0 Å². The molecule has 12 nitrogen and oxygen atoms in total. The van der Waals surface area contributed by atoms with Gasteiger partial charge in [0, 0.05) is 27.4 Å². The number of amides is 2. The highest BCUT2D eigenvalue weighted by molar-refractivity contribution is 7.51. The molecule has 2 heterocycles. The van der Waals surface area contributed by atoms with Crippen LogP contribution in [-0.2, 0) is 23.4 Å². The van der Waals surface area contributed by atoms with Crippen molar-refractivity contribution in [2.24, 2.45) is 5.10 Å². The quantitative estimate of drug-likeness (QED) is 0.611. The van der Waals surface area contributed by atoms with Gasteiger partial charge in [-0.3, -0.25) is 24.4 Å². The Morgan fingerprint density at radius 2 is 2.09 bits per heavy atom. The van der Waals surface area contributed by atoms with Crippen LogP contribution in [0.2, 0.25) is 0 Å². The van der Waals surface area contributed by atoms with Crippen molar-refractivity contribution >= 4 is 43.4 Å². The monoisotopic (exact) mass is 471 g/mol. The predicted octanol–water partition coefficient (Wildman–Crippen LogP) is 1.36. The Kier molecular flexibility index (Phi) is 6.70. The van der Waals surface area contributed by atoms with Crippen LogP contribution >= 0.6 is 7.75 Å². The fourth-order valence-corrected chi connectivity index (χ4v) is 4.42. The van der Waals surface area contributed by atoms with E-state index in [9.17, 15) is 28.2 Å². The van der Waals surface area contributed by atoms with Crippen LogP contribution in [0.1, 0.15) is 13.8 Å². The highest BCUT2D eigenvalue weighted by atomic mass is 31.2. The predicted molar refractivity (Wildman–Crippen MR) is 111 cm³/mol. The highest BCUT2D eigenvalue weighted by Gasteiger charge is 2.41. The molecule has 1 aromatic rings. The number of likely N-dealkylation sites (N-methyl/N-ethyl adjacent to an activating group) is 1. The molecule has 2 atom stereocenters. The second-order valence-electron chi connectivity index (χ2n) is 7.23. The Bertz CT molecular complexity index is 1010. The van der Waals surface area contributed by atoms with Gasteiger partial charge in [-0.05, 0) is 18.2 Å². The van der Waals surface area contributed by atoms with Gasteiger partial charge in [-0.25, -0.2) is 18.4 Å². The number of benzene rings is 1. The summed E-state index contributed by atoms with van der Waals surface area (Å²) < 4.78 is 36.9. The van der Waals surface area contributed by atoms with Gasteiger partial charge in [0.15, 0.2) is 0 Å². The fraction of sp³-hybridized carbons (Fsp3) is 0.444. The van der Waals surface area contributed by atoms with Crippen LogP contribution < -0.4 is 9.80 Å². The Hall–Kier alpha value is -3.18. The Morgan fingerprint density at radius 1 is 1.38 bits per heavy atom. The molecule has 3 rings (SSSR count). The number of anilines is 2. The zero-order chi connectivity index (χ0) is 23.6. The minimum Gasteiger partial charge on any atom is -0.442 e. The zero-order valence-corrected chi connectivity index (χ0v) is 18.6. The second-order valence-corrected chi connectivity index (χ2v) is 8.88. The van der Waals surface area contributed by atoms with Gasteiger partial charge in [-0.15, -0.1) is 0 Å². The summed E-state index contributed by atoms with van der Waals surface area (Å²) in [6.07, 6.45) is -0.309. The van der Waals surface area contributed by atoms with Crippen molar-refractivity contribution in [3.63, 3.8) is 0 Å². The van der Waals surface area contributed by atoms with Crippen LogP contribution in [0.4, 0.5) is 20.6 Å². The van der Waals surface area contributed by atoms with Crippen LogP contribution in [0.25, 0.3) is 0 Å². The molecule has 0 aromatic heterocycles. The number of hydrogen-bond donors (Lipinski definition) is 1. The first-order chi connectivity index (χ1) is 15.0. The highest BCUT2D eigenvalue weighted by Crippen LogP contribution is 2.47. The number of hydrazone groups is 1. The summed E-state index contributed by atoms with van der Waals surface area (Å²) in [5, 5.41) is 5.83. The smallest absolute Gasteiger partial charge is 0.442 e. The van der Waals surface area contributed by atoms with Crippen LogP contribution in [0.3, 0.4) is 0 Å². The van der Waals surface area contributed by atoms with Crippen molar-refractivity contribution in [3.05, 3.63) is 24.0 Å². The van der Waals surface area contributed by atoms with E-state index in [2.05, 4.69) is 9.63 Å². The first-order valence-corrected chi connectivity index (χ1v) is 11.1. The number of halogens is 1. The summed E-state index contributed by atoms with van der Waals surface area (Å²) in [4.78, 5) is 47.9. The van der Waals surface area contributed by atoms with Crippen LogP contribution in [-0.4, -0.2) is 78.2 Å². The molecule has 2 aliphatic rings. The molecule has 0 aliphatic carbocycles. The van der Waals surface area contributed by atoms with E-state index in [0.717, 1.165) is 18.7 Å². The van der Waals surface area contributed by atoms with Gasteiger partial charge >= 0.3 is 19.8 Å². The van der Waals surface area contributed by atoms with E-state index in [-0.39, 0.29) is 12.2 Å². The fourth-order valence-electron chi connectivity index (χ4n) is 3.24. The van der Waals surface area contributed by atoms with Crippen LogP contribution in [0.15, 0.2) is 23.3 Å². The van der Waals surface area contributed by atoms with Crippen molar-refractivity contribution in [1.82, 2.24) is 9.68 Å². The minimum atomic E-state index is -4.77. The molecular formula is C18H23FN5O7P. The van der Waals surface area contributed by atoms with Crippen LogP contribution in [0.5, 0.6) is 0 Å². The van der Waals surface area contributed by atoms with Gasteiger partial charge in [0.25, 0.3) is 0 Å². The molecule has 0 radical (unpaired) electrons. The molecule has 32 heavy (non-hydrogen) atoms. The minimum absolute atomic E-state index is 0.114. The van der Waals surface area contributed by atoms with Gasteiger partial charge in [-0.1, -0.05) is 0 Å². The van der Waals surface area contributed by atoms with Crippen molar-refractivity contribution < 1.29 is 37.5 Å². The van der Waals surface area contributed by atoms with E-state index in [1.165, 1.54) is 24.5 Å².